The first-order valence-corrected chi connectivity index (χ1v) is 4.93. The number of anilines is 1. The fourth-order valence-electron chi connectivity index (χ4n) is 1.99. The SMILES string of the molecule is Cl.O=C1NCC2=CNCN2c2ccccc21. The van der Waals surface area contributed by atoms with Gasteiger partial charge in [-0.05, 0) is 12.1 Å². The van der Waals surface area contributed by atoms with Crippen molar-refractivity contribution in [1.82, 2.24) is 10.6 Å². The van der Waals surface area contributed by atoms with Crippen LogP contribution in [0.1, 0.15) is 10.4 Å². The first-order chi connectivity index (χ1) is 7.36. The number of carbonyl (C=O) groups is 1. The van der Waals surface area contributed by atoms with Crippen LogP contribution in [0.15, 0.2) is 36.2 Å². The van der Waals surface area contributed by atoms with E-state index in [1.54, 1.807) is 0 Å². The molecule has 2 N–H and O–H groups in total. The van der Waals surface area contributed by atoms with Gasteiger partial charge in [0.1, 0.15) is 0 Å². The Hall–Kier alpha value is -1.68. The molecular formula is C11H12ClN3O. The molecule has 1 amide bonds. The number of amides is 1. The second-order valence-electron chi connectivity index (χ2n) is 3.63. The fourth-order valence-corrected chi connectivity index (χ4v) is 1.99. The summed E-state index contributed by atoms with van der Waals surface area (Å²) in [5.74, 6) is 0.000833. The topological polar surface area (TPSA) is 44.4 Å². The van der Waals surface area contributed by atoms with Gasteiger partial charge < -0.3 is 15.5 Å². The van der Waals surface area contributed by atoms with Gasteiger partial charge >= 0.3 is 0 Å². The summed E-state index contributed by atoms with van der Waals surface area (Å²) >= 11 is 0. The van der Waals surface area contributed by atoms with Crippen LogP contribution >= 0.6 is 12.4 Å². The minimum absolute atomic E-state index is 0. The lowest BCUT2D eigenvalue weighted by Gasteiger charge is -2.19. The van der Waals surface area contributed by atoms with Gasteiger partial charge in [0.05, 0.1) is 30.2 Å². The number of nitrogens with zero attached hydrogens (tertiary/aromatic N) is 1. The lowest BCUT2D eigenvalue weighted by molar-refractivity contribution is 0.0959. The summed E-state index contributed by atoms with van der Waals surface area (Å²) in [5, 5.41) is 6.04. The van der Waals surface area contributed by atoms with E-state index >= 15 is 0 Å². The number of fused-ring (bicyclic) bond motifs is 3. The predicted octanol–water partition coefficient (Wildman–Crippen LogP) is 1.06. The zero-order chi connectivity index (χ0) is 10.3. The van der Waals surface area contributed by atoms with Crippen LogP contribution in [0.3, 0.4) is 0 Å². The Labute approximate surface area is 99.7 Å². The van der Waals surface area contributed by atoms with Gasteiger partial charge in [0.25, 0.3) is 5.91 Å². The van der Waals surface area contributed by atoms with E-state index in [4.69, 9.17) is 0 Å². The maximum absolute atomic E-state index is 11.8. The van der Waals surface area contributed by atoms with Crippen molar-refractivity contribution in [2.45, 2.75) is 0 Å². The van der Waals surface area contributed by atoms with Crippen molar-refractivity contribution in [2.75, 3.05) is 18.1 Å². The van der Waals surface area contributed by atoms with E-state index in [1.807, 2.05) is 30.5 Å². The van der Waals surface area contributed by atoms with E-state index in [9.17, 15) is 4.79 Å². The molecule has 5 heteroatoms. The third-order valence-electron chi connectivity index (χ3n) is 2.73. The molecule has 16 heavy (non-hydrogen) atoms. The maximum atomic E-state index is 11.8. The molecule has 0 fully saturated rings. The molecule has 4 nitrogen and oxygen atoms in total. The monoisotopic (exact) mass is 237 g/mol. The summed E-state index contributed by atoms with van der Waals surface area (Å²) in [5.41, 5.74) is 2.82. The van der Waals surface area contributed by atoms with E-state index in [1.165, 1.54) is 0 Å². The molecule has 2 heterocycles. The molecule has 0 atom stereocenters. The van der Waals surface area contributed by atoms with Crippen LogP contribution in [0.5, 0.6) is 0 Å². The summed E-state index contributed by atoms with van der Waals surface area (Å²) in [6, 6.07) is 7.66. The molecule has 0 unspecified atom stereocenters. The van der Waals surface area contributed by atoms with E-state index in [-0.39, 0.29) is 18.3 Å². The fraction of sp³-hybridized carbons (Fsp3) is 0.182. The van der Waals surface area contributed by atoms with Crippen LogP contribution in [-0.2, 0) is 0 Å². The Morgan fingerprint density at radius 1 is 1.25 bits per heavy atom. The van der Waals surface area contributed by atoms with Crippen molar-refractivity contribution in [3.8, 4) is 0 Å². The highest BCUT2D eigenvalue weighted by Gasteiger charge is 2.25. The van der Waals surface area contributed by atoms with Gasteiger partial charge in [-0.25, -0.2) is 0 Å². The van der Waals surface area contributed by atoms with Crippen molar-refractivity contribution >= 4 is 24.0 Å². The normalized spacial score (nSPS) is 17.1. The summed E-state index contributed by atoms with van der Waals surface area (Å²) in [7, 11) is 0. The van der Waals surface area contributed by atoms with Crippen LogP contribution in [-0.4, -0.2) is 19.1 Å². The quantitative estimate of drug-likeness (QED) is 0.709. The molecule has 0 radical (unpaired) electrons. The van der Waals surface area contributed by atoms with Crippen molar-refractivity contribution in [3.05, 3.63) is 41.7 Å². The standard InChI is InChI=1S/C11H11N3O.ClH/c15-11-9-3-1-2-4-10(9)14-7-12-5-8(14)6-13-11;/h1-5,12H,6-7H2,(H,13,15);1H. The number of rotatable bonds is 0. The van der Waals surface area contributed by atoms with Crippen molar-refractivity contribution in [2.24, 2.45) is 0 Å². The summed E-state index contributed by atoms with van der Waals surface area (Å²) < 4.78 is 0. The number of carbonyl (C=O) groups excluding carboxylic acids is 1. The zero-order valence-electron chi connectivity index (χ0n) is 8.56. The van der Waals surface area contributed by atoms with Crippen LogP contribution < -0.4 is 15.5 Å². The molecule has 0 aromatic heterocycles. The van der Waals surface area contributed by atoms with Crippen LogP contribution in [0.4, 0.5) is 5.69 Å². The lowest BCUT2D eigenvalue weighted by atomic mass is 10.1. The van der Waals surface area contributed by atoms with E-state index in [0.717, 1.165) is 23.6 Å². The van der Waals surface area contributed by atoms with Crippen LogP contribution in [0, 0.1) is 0 Å². The highest BCUT2D eigenvalue weighted by molar-refractivity contribution is 6.01. The molecular weight excluding hydrogens is 226 g/mol. The molecule has 1 aromatic rings. The zero-order valence-corrected chi connectivity index (χ0v) is 9.38. The molecule has 2 aliphatic heterocycles. The number of para-hydroxylation sites is 1. The minimum atomic E-state index is 0. The molecule has 0 bridgehead atoms. The van der Waals surface area contributed by atoms with E-state index in [0.29, 0.717) is 6.54 Å². The van der Waals surface area contributed by atoms with E-state index in [2.05, 4.69) is 15.5 Å². The smallest absolute Gasteiger partial charge is 0.253 e. The number of benzene rings is 1. The Bertz CT molecular complexity index is 458. The highest BCUT2D eigenvalue weighted by Crippen LogP contribution is 2.27. The van der Waals surface area contributed by atoms with E-state index < -0.39 is 0 Å². The van der Waals surface area contributed by atoms with Crippen LogP contribution in [0.25, 0.3) is 0 Å². The number of halogens is 1. The van der Waals surface area contributed by atoms with Gasteiger partial charge in [-0.15, -0.1) is 12.4 Å². The highest BCUT2D eigenvalue weighted by atomic mass is 35.5. The van der Waals surface area contributed by atoms with Crippen molar-refractivity contribution < 1.29 is 4.79 Å². The lowest BCUT2D eigenvalue weighted by Crippen LogP contribution is -2.26. The van der Waals surface area contributed by atoms with Gasteiger partial charge in [-0.3, -0.25) is 4.79 Å². The molecule has 0 saturated carbocycles. The molecule has 1 aromatic carbocycles. The van der Waals surface area contributed by atoms with Gasteiger partial charge in [0, 0.05) is 6.20 Å². The third kappa shape index (κ3) is 1.51. The van der Waals surface area contributed by atoms with Crippen LogP contribution in [0.2, 0.25) is 0 Å². The van der Waals surface area contributed by atoms with Crippen molar-refractivity contribution in [3.63, 3.8) is 0 Å². The second kappa shape index (κ2) is 4.06. The third-order valence-corrected chi connectivity index (χ3v) is 2.73. The Balaban J connectivity index is 0.000000963. The Kier molecular flexibility index (Phi) is 2.75. The molecule has 3 rings (SSSR count). The van der Waals surface area contributed by atoms with Gasteiger partial charge in [-0.1, -0.05) is 12.1 Å². The number of hydrogen-bond donors (Lipinski definition) is 2. The molecule has 2 aliphatic rings. The first-order valence-electron chi connectivity index (χ1n) is 4.93. The van der Waals surface area contributed by atoms with Gasteiger partial charge in [0.2, 0.25) is 0 Å². The minimum Gasteiger partial charge on any atom is -0.372 e. The van der Waals surface area contributed by atoms with Gasteiger partial charge in [-0.2, -0.15) is 0 Å². The molecule has 0 spiro atoms. The molecule has 0 saturated heterocycles. The average Bonchev–Trinajstić information content (AvgIpc) is 2.69. The molecule has 84 valence electrons. The molecule has 0 aliphatic carbocycles. The largest absolute Gasteiger partial charge is 0.372 e. The summed E-state index contributed by atoms with van der Waals surface area (Å²) in [6.07, 6.45) is 1.95. The summed E-state index contributed by atoms with van der Waals surface area (Å²) in [6.45, 7) is 1.32. The Morgan fingerprint density at radius 2 is 2.06 bits per heavy atom. The number of nitrogens with one attached hydrogen (secondary N) is 2. The Morgan fingerprint density at radius 3 is 2.94 bits per heavy atom. The number of hydrogen-bond acceptors (Lipinski definition) is 3. The first kappa shape index (κ1) is 10.8. The summed E-state index contributed by atoms with van der Waals surface area (Å²) in [4.78, 5) is 13.9. The maximum Gasteiger partial charge on any atom is 0.253 e. The van der Waals surface area contributed by atoms with Crippen molar-refractivity contribution in [1.29, 1.82) is 0 Å². The average molecular weight is 238 g/mol. The second-order valence-corrected chi connectivity index (χ2v) is 3.63. The van der Waals surface area contributed by atoms with Gasteiger partial charge in [0.15, 0.2) is 0 Å². The predicted molar refractivity (Wildman–Crippen MR) is 64.6 cm³/mol.